The molecule has 0 spiro atoms. The molecule has 102 valence electrons. The Morgan fingerprint density at radius 1 is 1.37 bits per heavy atom. The third-order valence-corrected chi connectivity index (χ3v) is 4.08. The first-order valence-corrected chi connectivity index (χ1v) is 6.99. The van der Waals surface area contributed by atoms with Crippen LogP contribution in [0.1, 0.15) is 17.0 Å². The van der Waals surface area contributed by atoms with Crippen LogP contribution >= 0.6 is 11.8 Å². The van der Waals surface area contributed by atoms with E-state index in [0.29, 0.717) is 6.54 Å². The van der Waals surface area contributed by atoms with E-state index in [0.717, 1.165) is 28.0 Å². The van der Waals surface area contributed by atoms with Gasteiger partial charge in [0.1, 0.15) is 11.6 Å². The second-order valence-electron chi connectivity index (χ2n) is 4.23. The molecule has 1 heterocycles. The van der Waals surface area contributed by atoms with Gasteiger partial charge >= 0.3 is 0 Å². The van der Waals surface area contributed by atoms with Crippen LogP contribution in [-0.2, 0) is 19.3 Å². The van der Waals surface area contributed by atoms with E-state index in [1.165, 1.54) is 5.56 Å². The van der Waals surface area contributed by atoms with Gasteiger partial charge in [-0.25, -0.2) is 0 Å². The van der Waals surface area contributed by atoms with Crippen molar-refractivity contribution in [2.24, 2.45) is 12.8 Å². The predicted octanol–water partition coefficient (Wildman–Crippen LogP) is 1.88. The van der Waals surface area contributed by atoms with Crippen molar-refractivity contribution in [3.8, 4) is 5.75 Å². The number of aryl methyl sites for hydroxylation is 1. The molecule has 5 nitrogen and oxygen atoms in total. The fourth-order valence-corrected chi connectivity index (χ4v) is 2.64. The van der Waals surface area contributed by atoms with E-state index in [1.807, 2.05) is 30.7 Å². The van der Waals surface area contributed by atoms with Gasteiger partial charge in [-0.2, -0.15) is 0 Å². The van der Waals surface area contributed by atoms with Crippen LogP contribution in [0.15, 0.2) is 23.4 Å². The van der Waals surface area contributed by atoms with Crippen molar-refractivity contribution in [2.45, 2.75) is 24.4 Å². The zero-order valence-corrected chi connectivity index (χ0v) is 12.2. The highest BCUT2D eigenvalue weighted by molar-refractivity contribution is 7.98. The molecule has 0 saturated heterocycles. The fourth-order valence-electron chi connectivity index (χ4n) is 1.74. The average Bonchev–Trinajstić information content (AvgIpc) is 2.76. The van der Waals surface area contributed by atoms with E-state index in [2.05, 4.69) is 16.3 Å². The molecular weight excluding hydrogens is 260 g/mol. The Kier molecular flexibility index (Phi) is 4.44. The number of nitrogens with two attached hydrogens (primary N) is 1. The lowest BCUT2D eigenvalue weighted by Crippen LogP contribution is -2.01. The van der Waals surface area contributed by atoms with Crippen molar-refractivity contribution >= 4 is 11.8 Å². The highest BCUT2D eigenvalue weighted by Gasteiger charge is 2.07. The lowest BCUT2D eigenvalue weighted by atomic mass is 10.1. The Morgan fingerprint density at radius 2 is 2.16 bits per heavy atom. The van der Waals surface area contributed by atoms with Gasteiger partial charge in [0, 0.05) is 24.9 Å². The Balaban J connectivity index is 2.09. The minimum Gasteiger partial charge on any atom is -0.496 e. The molecule has 2 aromatic rings. The molecule has 2 N–H and O–H groups in total. The van der Waals surface area contributed by atoms with E-state index < -0.39 is 0 Å². The van der Waals surface area contributed by atoms with Crippen molar-refractivity contribution in [1.82, 2.24) is 14.8 Å². The van der Waals surface area contributed by atoms with Gasteiger partial charge in [0.2, 0.25) is 0 Å². The van der Waals surface area contributed by atoms with Crippen molar-refractivity contribution in [3.05, 3.63) is 35.2 Å². The molecule has 0 radical (unpaired) electrons. The summed E-state index contributed by atoms with van der Waals surface area (Å²) in [5, 5.41) is 9.09. The topological polar surface area (TPSA) is 66.0 Å². The van der Waals surface area contributed by atoms with Crippen LogP contribution in [0.5, 0.6) is 5.75 Å². The number of ether oxygens (including phenoxy) is 1. The normalized spacial score (nSPS) is 10.7. The minimum absolute atomic E-state index is 0.477. The van der Waals surface area contributed by atoms with Crippen LogP contribution in [0.25, 0.3) is 0 Å². The first-order valence-electron chi connectivity index (χ1n) is 6.00. The van der Waals surface area contributed by atoms with Crippen LogP contribution in [0.4, 0.5) is 0 Å². The van der Waals surface area contributed by atoms with Crippen molar-refractivity contribution < 1.29 is 4.74 Å². The standard InChI is InChI=1S/C13H18N4OS/c1-9-15-16-13(17(9)2)19-8-10-4-5-12(18-3)11(6-10)7-14/h4-6H,7-8,14H2,1-3H3. The predicted molar refractivity (Wildman–Crippen MR) is 76.2 cm³/mol. The van der Waals surface area contributed by atoms with E-state index in [9.17, 15) is 0 Å². The van der Waals surface area contributed by atoms with Crippen LogP contribution in [-0.4, -0.2) is 21.9 Å². The summed E-state index contributed by atoms with van der Waals surface area (Å²) in [7, 11) is 3.63. The number of aromatic nitrogens is 3. The van der Waals surface area contributed by atoms with Gasteiger partial charge in [0.05, 0.1) is 7.11 Å². The van der Waals surface area contributed by atoms with Gasteiger partial charge in [-0.3, -0.25) is 0 Å². The molecule has 0 fully saturated rings. The third-order valence-electron chi connectivity index (χ3n) is 2.99. The number of hydrogen-bond acceptors (Lipinski definition) is 5. The van der Waals surface area contributed by atoms with Gasteiger partial charge in [0.15, 0.2) is 5.16 Å². The van der Waals surface area contributed by atoms with Gasteiger partial charge < -0.3 is 15.0 Å². The average molecular weight is 278 g/mol. The molecule has 0 atom stereocenters. The molecule has 0 aliphatic heterocycles. The lowest BCUT2D eigenvalue weighted by Gasteiger charge is -2.09. The number of hydrogen-bond donors (Lipinski definition) is 1. The Hall–Kier alpha value is -1.53. The number of benzene rings is 1. The number of nitrogens with zero attached hydrogens (tertiary/aromatic N) is 3. The van der Waals surface area contributed by atoms with Gasteiger partial charge in [0.25, 0.3) is 0 Å². The maximum Gasteiger partial charge on any atom is 0.191 e. The SMILES string of the molecule is COc1ccc(CSc2nnc(C)n2C)cc1CN. The quantitative estimate of drug-likeness (QED) is 0.846. The van der Waals surface area contributed by atoms with E-state index in [1.54, 1.807) is 18.9 Å². The molecule has 0 amide bonds. The minimum atomic E-state index is 0.477. The summed E-state index contributed by atoms with van der Waals surface area (Å²) in [6.07, 6.45) is 0. The highest BCUT2D eigenvalue weighted by Crippen LogP contribution is 2.25. The molecular formula is C13H18N4OS. The molecule has 0 aliphatic carbocycles. The zero-order valence-electron chi connectivity index (χ0n) is 11.4. The number of thioether (sulfide) groups is 1. The van der Waals surface area contributed by atoms with Gasteiger partial charge in [-0.1, -0.05) is 17.8 Å². The van der Waals surface area contributed by atoms with Crippen molar-refractivity contribution in [1.29, 1.82) is 0 Å². The van der Waals surface area contributed by atoms with Crippen LogP contribution in [0, 0.1) is 6.92 Å². The summed E-state index contributed by atoms with van der Waals surface area (Å²) in [4.78, 5) is 0. The maximum absolute atomic E-state index is 5.72. The van der Waals surface area contributed by atoms with E-state index in [-0.39, 0.29) is 0 Å². The summed E-state index contributed by atoms with van der Waals surface area (Å²) in [5.41, 5.74) is 7.94. The number of rotatable bonds is 5. The van der Waals surface area contributed by atoms with E-state index >= 15 is 0 Å². The second kappa shape index (κ2) is 6.08. The first kappa shape index (κ1) is 13.9. The second-order valence-corrected chi connectivity index (χ2v) is 5.17. The molecule has 19 heavy (non-hydrogen) atoms. The van der Waals surface area contributed by atoms with Gasteiger partial charge in [-0.15, -0.1) is 10.2 Å². The summed E-state index contributed by atoms with van der Waals surface area (Å²) in [6.45, 7) is 2.42. The van der Waals surface area contributed by atoms with Crippen molar-refractivity contribution in [2.75, 3.05) is 7.11 Å². The Labute approximate surface area is 117 Å². The molecule has 2 rings (SSSR count). The fraction of sp³-hybridized carbons (Fsp3) is 0.385. The molecule has 1 aromatic carbocycles. The first-order chi connectivity index (χ1) is 9.15. The van der Waals surface area contributed by atoms with Gasteiger partial charge in [-0.05, 0) is 24.6 Å². The van der Waals surface area contributed by atoms with Crippen molar-refractivity contribution in [3.63, 3.8) is 0 Å². The van der Waals surface area contributed by atoms with Crippen LogP contribution < -0.4 is 10.5 Å². The molecule has 0 bridgehead atoms. The monoisotopic (exact) mass is 278 g/mol. The Morgan fingerprint density at radius 3 is 2.74 bits per heavy atom. The summed E-state index contributed by atoms with van der Waals surface area (Å²) in [6, 6.07) is 6.09. The zero-order chi connectivity index (χ0) is 13.8. The largest absolute Gasteiger partial charge is 0.496 e. The smallest absolute Gasteiger partial charge is 0.191 e. The molecule has 0 aliphatic rings. The highest BCUT2D eigenvalue weighted by atomic mass is 32.2. The Bertz CT molecular complexity index is 568. The number of methoxy groups -OCH3 is 1. The van der Waals surface area contributed by atoms with E-state index in [4.69, 9.17) is 10.5 Å². The summed E-state index contributed by atoms with van der Waals surface area (Å²) in [5.74, 6) is 2.59. The summed E-state index contributed by atoms with van der Waals surface area (Å²) < 4.78 is 7.25. The molecule has 0 saturated carbocycles. The molecule has 0 unspecified atom stereocenters. The molecule has 1 aromatic heterocycles. The van der Waals surface area contributed by atoms with Crippen LogP contribution in [0.3, 0.4) is 0 Å². The third kappa shape index (κ3) is 3.08. The lowest BCUT2D eigenvalue weighted by molar-refractivity contribution is 0.409. The van der Waals surface area contributed by atoms with Crippen LogP contribution in [0.2, 0.25) is 0 Å². The maximum atomic E-state index is 5.72. The molecule has 6 heteroatoms. The summed E-state index contributed by atoms with van der Waals surface area (Å²) >= 11 is 1.66.